The fourth-order valence-corrected chi connectivity index (χ4v) is 2.91. The number of rotatable bonds is 9. The summed E-state index contributed by atoms with van der Waals surface area (Å²) in [5.74, 6) is 1.51. The summed E-state index contributed by atoms with van der Waals surface area (Å²) >= 11 is 0. The van der Waals surface area contributed by atoms with E-state index in [1.807, 2.05) is 18.7 Å². The van der Waals surface area contributed by atoms with Gasteiger partial charge >= 0.3 is 0 Å². The van der Waals surface area contributed by atoms with Gasteiger partial charge in [0.25, 0.3) is 0 Å². The number of nitrogens with zero attached hydrogens (tertiary/aromatic N) is 2. The van der Waals surface area contributed by atoms with Gasteiger partial charge in [-0.25, -0.2) is 4.98 Å². The van der Waals surface area contributed by atoms with Crippen molar-refractivity contribution in [3.05, 3.63) is 60.7 Å². The van der Waals surface area contributed by atoms with Gasteiger partial charge in [-0.2, -0.15) is 0 Å². The second kappa shape index (κ2) is 8.67. The van der Waals surface area contributed by atoms with Crippen LogP contribution in [0.25, 0.3) is 10.8 Å². The fraction of sp³-hybridized carbons (Fsp3) is 0.381. The molecule has 3 rings (SSSR count). The first-order valence-corrected chi connectivity index (χ1v) is 9.04. The summed E-state index contributed by atoms with van der Waals surface area (Å²) in [5, 5.41) is 6.10. The van der Waals surface area contributed by atoms with Crippen LogP contribution >= 0.6 is 0 Å². The maximum Gasteiger partial charge on any atom is 0.124 e. The molecule has 1 heterocycles. The molecule has 0 bridgehead atoms. The monoisotopic (exact) mass is 337 g/mol. The highest BCUT2D eigenvalue weighted by molar-refractivity contribution is 5.87. The number of fused-ring (bicyclic) bond motifs is 1. The molecular weight excluding hydrogens is 310 g/mol. The van der Waals surface area contributed by atoms with Crippen LogP contribution in [0.3, 0.4) is 0 Å². The Morgan fingerprint density at radius 1 is 1.16 bits per heavy atom. The van der Waals surface area contributed by atoms with Crippen molar-refractivity contribution in [2.75, 3.05) is 13.2 Å². The lowest BCUT2D eigenvalue weighted by atomic mass is 10.0. The highest BCUT2D eigenvalue weighted by atomic mass is 16.5. The van der Waals surface area contributed by atoms with Crippen LogP contribution in [0.4, 0.5) is 0 Å². The second-order valence-electron chi connectivity index (χ2n) is 6.80. The van der Waals surface area contributed by atoms with E-state index in [1.54, 1.807) is 0 Å². The van der Waals surface area contributed by atoms with Gasteiger partial charge in [0.2, 0.25) is 0 Å². The number of aromatic nitrogens is 2. The first-order valence-electron chi connectivity index (χ1n) is 9.04. The van der Waals surface area contributed by atoms with Gasteiger partial charge in [-0.3, -0.25) is 0 Å². The number of imidazole rings is 1. The van der Waals surface area contributed by atoms with Crippen LogP contribution in [0.1, 0.15) is 25.8 Å². The summed E-state index contributed by atoms with van der Waals surface area (Å²) in [5.41, 5.74) is 1.25. The Bertz CT molecular complexity index is 781. The molecule has 0 saturated heterocycles. The largest absolute Gasteiger partial charge is 0.493 e. The Balaban J connectivity index is 1.65. The molecule has 0 aliphatic heterocycles. The number of hydrogen-bond acceptors (Lipinski definition) is 3. The molecule has 0 spiro atoms. The molecular formula is C21H27N3O. The van der Waals surface area contributed by atoms with Crippen LogP contribution in [0.5, 0.6) is 5.75 Å². The second-order valence-corrected chi connectivity index (χ2v) is 6.80. The average molecular weight is 337 g/mol. The zero-order valence-corrected chi connectivity index (χ0v) is 15.1. The maximum atomic E-state index is 6.07. The molecule has 25 heavy (non-hydrogen) atoms. The summed E-state index contributed by atoms with van der Waals surface area (Å²) in [7, 11) is 0. The molecule has 3 aromatic rings. The molecule has 1 N–H and O–H groups in total. The van der Waals surface area contributed by atoms with E-state index in [9.17, 15) is 0 Å². The van der Waals surface area contributed by atoms with E-state index < -0.39 is 0 Å². The summed E-state index contributed by atoms with van der Waals surface area (Å²) in [6.45, 7) is 7.86. The predicted molar refractivity (Wildman–Crippen MR) is 103 cm³/mol. The minimum atomic E-state index is 0.516. The fourth-order valence-electron chi connectivity index (χ4n) is 2.91. The first kappa shape index (κ1) is 17.5. The molecule has 0 aliphatic carbocycles. The van der Waals surface area contributed by atoms with Crippen molar-refractivity contribution in [3.8, 4) is 5.75 Å². The highest BCUT2D eigenvalue weighted by Gasteiger charge is 2.09. The normalized spacial score (nSPS) is 11.3. The highest BCUT2D eigenvalue weighted by Crippen LogP contribution is 2.28. The number of aryl methyl sites for hydroxylation is 1. The lowest BCUT2D eigenvalue weighted by molar-refractivity contribution is 0.268. The Kier molecular flexibility index (Phi) is 6.07. The third-order valence-corrected chi connectivity index (χ3v) is 4.20. The third-order valence-electron chi connectivity index (χ3n) is 4.20. The van der Waals surface area contributed by atoms with Gasteiger partial charge in [-0.15, -0.1) is 0 Å². The van der Waals surface area contributed by atoms with Crippen LogP contribution in [0.2, 0.25) is 0 Å². The van der Waals surface area contributed by atoms with E-state index in [-0.39, 0.29) is 0 Å². The van der Waals surface area contributed by atoms with Gasteiger partial charge in [0.1, 0.15) is 5.75 Å². The molecule has 4 heteroatoms. The Hall–Kier alpha value is -2.33. The molecule has 2 aromatic carbocycles. The summed E-state index contributed by atoms with van der Waals surface area (Å²) in [6.07, 6.45) is 6.76. The van der Waals surface area contributed by atoms with E-state index in [1.165, 1.54) is 16.3 Å². The van der Waals surface area contributed by atoms with Crippen molar-refractivity contribution >= 4 is 10.8 Å². The quantitative estimate of drug-likeness (QED) is 0.593. The SMILES string of the molecule is CC(C)COc1ccc2ccccc2c1CNCCCn1ccnc1. The Morgan fingerprint density at radius 2 is 2.04 bits per heavy atom. The Labute approximate surface area is 149 Å². The number of ether oxygens (including phenoxy) is 1. The summed E-state index contributed by atoms with van der Waals surface area (Å²) < 4.78 is 8.18. The lowest BCUT2D eigenvalue weighted by Crippen LogP contribution is -2.17. The molecule has 0 radical (unpaired) electrons. The van der Waals surface area contributed by atoms with Crippen molar-refractivity contribution < 1.29 is 4.74 Å². The van der Waals surface area contributed by atoms with Crippen LogP contribution < -0.4 is 10.1 Å². The van der Waals surface area contributed by atoms with E-state index in [0.717, 1.165) is 38.4 Å². The van der Waals surface area contributed by atoms with Gasteiger partial charge in [0.15, 0.2) is 0 Å². The van der Waals surface area contributed by atoms with Crippen molar-refractivity contribution in [2.45, 2.75) is 33.4 Å². The Morgan fingerprint density at radius 3 is 2.84 bits per heavy atom. The lowest BCUT2D eigenvalue weighted by Gasteiger charge is -2.16. The zero-order valence-electron chi connectivity index (χ0n) is 15.1. The molecule has 0 unspecified atom stereocenters. The summed E-state index contributed by atoms with van der Waals surface area (Å²) in [4.78, 5) is 4.08. The molecule has 1 aromatic heterocycles. The van der Waals surface area contributed by atoms with Crippen LogP contribution in [0.15, 0.2) is 55.1 Å². The van der Waals surface area contributed by atoms with Crippen LogP contribution in [-0.2, 0) is 13.1 Å². The van der Waals surface area contributed by atoms with Gasteiger partial charge in [0.05, 0.1) is 12.9 Å². The molecule has 0 fully saturated rings. The molecule has 0 saturated carbocycles. The van der Waals surface area contributed by atoms with Crippen LogP contribution in [-0.4, -0.2) is 22.7 Å². The van der Waals surface area contributed by atoms with Gasteiger partial charge in [-0.05, 0) is 35.7 Å². The van der Waals surface area contributed by atoms with Crippen molar-refractivity contribution in [1.82, 2.24) is 14.9 Å². The third kappa shape index (κ3) is 4.83. The minimum Gasteiger partial charge on any atom is -0.493 e. The molecule has 132 valence electrons. The van der Waals surface area contributed by atoms with E-state index in [2.05, 4.69) is 65.1 Å². The molecule has 0 atom stereocenters. The predicted octanol–water partition coefficient (Wildman–Crippen LogP) is 4.25. The standard InChI is InChI=1S/C21H27N3O/c1-17(2)15-25-21-9-8-18-6-3-4-7-19(18)20(21)14-22-10-5-12-24-13-11-23-16-24/h3-4,6-9,11,13,16-17,22H,5,10,12,14-15H2,1-2H3. The van der Waals surface area contributed by atoms with E-state index in [0.29, 0.717) is 5.92 Å². The average Bonchev–Trinajstić information content (AvgIpc) is 3.13. The van der Waals surface area contributed by atoms with E-state index >= 15 is 0 Å². The van der Waals surface area contributed by atoms with Crippen molar-refractivity contribution in [1.29, 1.82) is 0 Å². The van der Waals surface area contributed by atoms with Gasteiger partial charge < -0.3 is 14.6 Å². The molecule has 0 aliphatic rings. The topological polar surface area (TPSA) is 39.1 Å². The van der Waals surface area contributed by atoms with Gasteiger partial charge in [-0.1, -0.05) is 44.2 Å². The minimum absolute atomic E-state index is 0.516. The zero-order chi connectivity index (χ0) is 17.5. The smallest absolute Gasteiger partial charge is 0.124 e. The van der Waals surface area contributed by atoms with Gasteiger partial charge in [0, 0.05) is 31.0 Å². The van der Waals surface area contributed by atoms with Crippen molar-refractivity contribution in [3.63, 3.8) is 0 Å². The van der Waals surface area contributed by atoms with Crippen LogP contribution in [0, 0.1) is 5.92 Å². The number of nitrogens with one attached hydrogen (secondary N) is 1. The van der Waals surface area contributed by atoms with E-state index in [4.69, 9.17) is 4.74 Å². The number of benzene rings is 2. The maximum absolute atomic E-state index is 6.07. The molecule has 4 nitrogen and oxygen atoms in total. The molecule has 0 amide bonds. The number of hydrogen-bond donors (Lipinski definition) is 1. The first-order chi connectivity index (χ1) is 12.2. The van der Waals surface area contributed by atoms with Crippen molar-refractivity contribution in [2.24, 2.45) is 5.92 Å². The summed E-state index contributed by atoms with van der Waals surface area (Å²) in [6, 6.07) is 12.8.